The lowest BCUT2D eigenvalue weighted by molar-refractivity contribution is -0.142. The summed E-state index contributed by atoms with van der Waals surface area (Å²) in [6, 6.07) is 22.4. The van der Waals surface area contributed by atoms with Crippen LogP contribution in [0.5, 0.6) is 11.5 Å². The zero-order chi connectivity index (χ0) is 25.9. The van der Waals surface area contributed by atoms with Crippen LogP contribution in [0.3, 0.4) is 0 Å². The lowest BCUT2D eigenvalue weighted by Gasteiger charge is -2.31. The average Bonchev–Trinajstić information content (AvgIpc) is 2.90. The molecule has 0 heterocycles. The molecule has 0 saturated carbocycles. The van der Waals surface area contributed by atoms with Gasteiger partial charge in [-0.05, 0) is 66.8 Å². The number of hydrogen-bond donors (Lipinski definition) is 1. The summed E-state index contributed by atoms with van der Waals surface area (Å²) in [4.78, 5) is 28.6. The zero-order valence-corrected chi connectivity index (χ0v) is 21.6. The summed E-state index contributed by atoms with van der Waals surface area (Å²) in [6.07, 6.45) is 1.21. The molecule has 2 amide bonds. The van der Waals surface area contributed by atoms with Gasteiger partial charge in [-0.15, -0.1) is 0 Å². The number of ether oxygens (including phenoxy) is 2. The summed E-state index contributed by atoms with van der Waals surface area (Å²) in [5, 5.41) is 2.99. The van der Waals surface area contributed by atoms with Crippen molar-refractivity contribution in [1.29, 1.82) is 0 Å². The van der Waals surface area contributed by atoms with Gasteiger partial charge in [-0.3, -0.25) is 9.59 Å². The Kier molecular flexibility index (Phi) is 9.92. The number of methoxy groups -OCH3 is 1. The molecule has 1 atom stereocenters. The zero-order valence-electron chi connectivity index (χ0n) is 21.6. The molecule has 0 bridgehead atoms. The summed E-state index contributed by atoms with van der Waals surface area (Å²) in [7, 11) is 1.61. The van der Waals surface area contributed by atoms with E-state index >= 15 is 0 Å². The highest BCUT2D eigenvalue weighted by Crippen LogP contribution is 2.20. The maximum absolute atomic E-state index is 13.6. The van der Waals surface area contributed by atoms with Crippen LogP contribution in [0.1, 0.15) is 35.6 Å². The molecule has 3 aromatic rings. The van der Waals surface area contributed by atoms with Crippen molar-refractivity contribution in [2.75, 3.05) is 20.3 Å². The van der Waals surface area contributed by atoms with Crippen molar-refractivity contribution in [2.24, 2.45) is 0 Å². The minimum atomic E-state index is -0.694. The molecule has 0 saturated heterocycles. The normalized spacial score (nSPS) is 11.4. The number of amides is 2. The predicted octanol–water partition coefficient (Wildman–Crippen LogP) is 4.86. The first-order chi connectivity index (χ1) is 17.4. The van der Waals surface area contributed by atoms with E-state index in [2.05, 4.69) is 5.32 Å². The molecule has 1 N–H and O–H groups in total. The Hall–Kier alpha value is -3.80. The van der Waals surface area contributed by atoms with E-state index in [9.17, 15) is 9.59 Å². The summed E-state index contributed by atoms with van der Waals surface area (Å²) >= 11 is 0. The number of carbonyl (C=O) groups is 2. The van der Waals surface area contributed by atoms with E-state index in [1.54, 1.807) is 12.0 Å². The summed E-state index contributed by atoms with van der Waals surface area (Å²) in [5.41, 5.74) is 4.10. The largest absolute Gasteiger partial charge is 0.497 e. The minimum absolute atomic E-state index is 0.168. The standard InChI is InChI=1S/C30H36N2O4/c1-5-16-31-30(34)28(19-24-10-7-6-8-11-24)32(20-25-12-9-13-26(18-25)35-4)29(33)21-36-27-15-14-22(2)23(3)17-27/h6-15,17-18,28H,5,16,19-21H2,1-4H3,(H,31,34). The van der Waals surface area contributed by atoms with Crippen molar-refractivity contribution in [3.8, 4) is 11.5 Å². The van der Waals surface area contributed by atoms with Crippen LogP contribution >= 0.6 is 0 Å². The third kappa shape index (κ3) is 7.60. The molecule has 0 aliphatic rings. The molecule has 0 aliphatic heterocycles. The van der Waals surface area contributed by atoms with Crippen LogP contribution in [0.15, 0.2) is 72.8 Å². The second-order valence-corrected chi connectivity index (χ2v) is 8.90. The molecule has 0 fully saturated rings. The highest BCUT2D eigenvalue weighted by molar-refractivity contribution is 5.88. The van der Waals surface area contributed by atoms with Crippen LogP contribution in [0.25, 0.3) is 0 Å². The second-order valence-electron chi connectivity index (χ2n) is 8.90. The van der Waals surface area contributed by atoms with Gasteiger partial charge >= 0.3 is 0 Å². The first kappa shape index (κ1) is 26.8. The predicted molar refractivity (Wildman–Crippen MR) is 142 cm³/mol. The first-order valence-corrected chi connectivity index (χ1v) is 12.3. The van der Waals surface area contributed by atoms with Crippen LogP contribution in [0.2, 0.25) is 0 Å². The molecule has 3 aromatic carbocycles. The van der Waals surface area contributed by atoms with Gasteiger partial charge < -0.3 is 19.7 Å². The maximum atomic E-state index is 13.6. The lowest BCUT2D eigenvalue weighted by Crippen LogP contribution is -2.51. The molecule has 0 aliphatic carbocycles. The number of carbonyl (C=O) groups excluding carboxylic acids is 2. The summed E-state index contributed by atoms with van der Waals surface area (Å²) in [6.45, 7) is 6.67. The lowest BCUT2D eigenvalue weighted by atomic mass is 10.0. The number of aryl methyl sites for hydroxylation is 2. The van der Waals surface area contributed by atoms with E-state index in [0.717, 1.165) is 28.7 Å². The average molecular weight is 489 g/mol. The van der Waals surface area contributed by atoms with E-state index in [1.165, 1.54) is 0 Å². The van der Waals surface area contributed by atoms with E-state index in [4.69, 9.17) is 9.47 Å². The van der Waals surface area contributed by atoms with Gasteiger partial charge in [0.15, 0.2) is 6.61 Å². The van der Waals surface area contributed by atoms with Gasteiger partial charge in [-0.1, -0.05) is 55.5 Å². The molecule has 0 spiro atoms. The van der Waals surface area contributed by atoms with Gasteiger partial charge in [0.05, 0.1) is 7.11 Å². The maximum Gasteiger partial charge on any atom is 0.261 e. The van der Waals surface area contributed by atoms with Gasteiger partial charge in [0, 0.05) is 19.5 Å². The monoisotopic (exact) mass is 488 g/mol. The third-order valence-corrected chi connectivity index (χ3v) is 6.15. The molecule has 6 heteroatoms. The molecule has 36 heavy (non-hydrogen) atoms. The van der Waals surface area contributed by atoms with Crippen molar-refractivity contribution in [3.63, 3.8) is 0 Å². The number of rotatable bonds is 12. The highest BCUT2D eigenvalue weighted by Gasteiger charge is 2.30. The molecule has 3 rings (SSSR count). The first-order valence-electron chi connectivity index (χ1n) is 12.3. The van der Waals surface area contributed by atoms with Crippen molar-refractivity contribution in [1.82, 2.24) is 10.2 Å². The van der Waals surface area contributed by atoms with Gasteiger partial charge in [-0.25, -0.2) is 0 Å². The molecular formula is C30H36N2O4. The van der Waals surface area contributed by atoms with E-state index in [1.807, 2.05) is 93.6 Å². The third-order valence-electron chi connectivity index (χ3n) is 6.15. The number of hydrogen-bond acceptors (Lipinski definition) is 4. The Morgan fingerprint density at radius 2 is 1.64 bits per heavy atom. The van der Waals surface area contributed by atoms with Crippen molar-refractivity contribution in [2.45, 2.75) is 46.2 Å². The number of nitrogens with zero attached hydrogens (tertiary/aromatic N) is 1. The van der Waals surface area contributed by atoms with Crippen molar-refractivity contribution < 1.29 is 19.1 Å². The van der Waals surface area contributed by atoms with Crippen LogP contribution < -0.4 is 14.8 Å². The quantitative estimate of drug-likeness (QED) is 0.396. The highest BCUT2D eigenvalue weighted by atomic mass is 16.5. The van der Waals surface area contributed by atoms with Crippen LogP contribution in [0.4, 0.5) is 0 Å². The summed E-state index contributed by atoms with van der Waals surface area (Å²) < 4.78 is 11.3. The summed E-state index contributed by atoms with van der Waals surface area (Å²) in [5.74, 6) is 0.885. The molecular weight excluding hydrogens is 452 g/mol. The molecule has 1 unspecified atom stereocenters. The topological polar surface area (TPSA) is 67.9 Å². The molecule has 6 nitrogen and oxygen atoms in total. The minimum Gasteiger partial charge on any atom is -0.497 e. The van der Waals surface area contributed by atoms with Crippen LogP contribution in [0, 0.1) is 13.8 Å². The molecule has 0 radical (unpaired) electrons. The van der Waals surface area contributed by atoms with Crippen molar-refractivity contribution in [3.05, 3.63) is 95.1 Å². The Labute approximate surface area is 214 Å². The number of nitrogens with one attached hydrogen (secondary N) is 1. The van der Waals surface area contributed by atoms with Crippen molar-refractivity contribution >= 4 is 11.8 Å². The van der Waals surface area contributed by atoms with E-state index in [0.29, 0.717) is 24.5 Å². The molecule has 0 aromatic heterocycles. The Bertz CT molecular complexity index is 1150. The second kappa shape index (κ2) is 13.3. The van der Waals surface area contributed by atoms with E-state index in [-0.39, 0.29) is 25.0 Å². The van der Waals surface area contributed by atoms with Gasteiger partial charge in [0.25, 0.3) is 5.91 Å². The fraction of sp³-hybridized carbons (Fsp3) is 0.333. The molecule has 190 valence electrons. The van der Waals surface area contributed by atoms with Gasteiger partial charge in [-0.2, -0.15) is 0 Å². The van der Waals surface area contributed by atoms with E-state index < -0.39 is 6.04 Å². The van der Waals surface area contributed by atoms with Gasteiger partial charge in [0.2, 0.25) is 5.91 Å². The SMILES string of the molecule is CCCNC(=O)C(Cc1ccccc1)N(Cc1cccc(OC)c1)C(=O)COc1ccc(C)c(C)c1. The van der Waals surface area contributed by atoms with Crippen LogP contribution in [-0.2, 0) is 22.6 Å². The fourth-order valence-corrected chi connectivity index (χ4v) is 3.92. The Morgan fingerprint density at radius 3 is 2.33 bits per heavy atom. The Morgan fingerprint density at radius 1 is 0.889 bits per heavy atom. The number of benzene rings is 3. The van der Waals surface area contributed by atoms with Gasteiger partial charge in [0.1, 0.15) is 17.5 Å². The van der Waals surface area contributed by atoms with Crippen LogP contribution in [-0.4, -0.2) is 43.0 Å². The smallest absolute Gasteiger partial charge is 0.261 e. The fourth-order valence-electron chi connectivity index (χ4n) is 3.92. The Balaban J connectivity index is 1.90.